The highest BCUT2D eigenvalue weighted by Crippen LogP contribution is 2.27. The van der Waals surface area contributed by atoms with Crippen molar-refractivity contribution in [2.24, 2.45) is 0 Å². The summed E-state index contributed by atoms with van der Waals surface area (Å²) in [7, 11) is 4.11. The number of anilines is 2. The summed E-state index contributed by atoms with van der Waals surface area (Å²) in [6, 6.07) is 16.5. The van der Waals surface area contributed by atoms with Gasteiger partial charge < -0.3 is 15.0 Å². The number of hydrogen-bond acceptors (Lipinski definition) is 3. The van der Waals surface area contributed by atoms with Gasteiger partial charge in [0.25, 0.3) is 0 Å². The second kappa shape index (κ2) is 6.73. The third kappa shape index (κ3) is 4.42. The first-order chi connectivity index (χ1) is 10.4. The smallest absolute Gasteiger partial charge is 0.125 e. The van der Waals surface area contributed by atoms with Gasteiger partial charge in [0.2, 0.25) is 0 Å². The minimum Gasteiger partial charge on any atom is -0.488 e. The Morgan fingerprint density at radius 2 is 1.59 bits per heavy atom. The average Bonchev–Trinajstić information content (AvgIpc) is 2.45. The largest absolute Gasteiger partial charge is 0.488 e. The van der Waals surface area contributed by atoms with E-state index >= 15 is 0 Å². The van der Waals surface area contributed by atoms with Gasteiger partial charge >= 0.3 is 0 Å². The number of nitrogens with one attached hydrogen (secondary N) is 1. The van der Waals surface area contributed by atoms with Crippen LogP contribution in [-0.2, 0) is 6.54 Å². The summed E-state index contributed by atoms with van der Waals surface area (Å²) in [6.45, 7) is 6.94. The minimum atomic E-state index is -0.197. The van der Waals surface area contributed by atoms with Crippen molar-refractivity contribution < 1.29 is 4.74 Å². The molecule has 0 aromatic heterocycles. The van der Waals surface area contributed by atoms with Crippen LogP contribution < -0.4 is 15.0 Å². The lowest BCUT2D eigenvalue weighted by atomic mass is 10.1. The summed E-state index contributed by atoms with van der Waals surface area (Å²) in [4.78, 5) is 2.11. The highest BCUT2D eigenvalue weighted by atomic mass is 16.5. The van der Waals surface area contributed by atoms with E-state index in [1.165, 1.54) is 5.69 Å². The SMILES string of the molecule is CN(C)c1ccccc1NCc1ccccc1OC(C)(C)C. The summed E-state index contributed by atoms with van der Waals surface area (Å²) >= 11 is 0. The van der Waals surface area contributed by atoms with E-state index < -0.39 is 0 Å². The molecule has 0 saturated carbocycles. The zero-order valence-electron chi connectivity index (χ0n) is 14.2. The minimum absolute atomic E-state index is 0.197. The van der Waals surface area contributed by atoms with E-state index in [1.54, 1.807) is 0 Å². The molecule has 0 saturated heterocycles. The number of hydrogen-bond donors (Lipinski definition) is 1. The van der Waals surface area contributed by atoms with Gasteiger partial charge in [-0.3, -0.25) is 0 Å². The molecule has 2 aromatic rings. The molecule has 3 nitrogen and oxygen atoms in total. The van der Waals surface area contributed by atoms with Crippen LogP contribution >= 0.6 is 0 Å². The summed E-state index contributed by atoms with van der Waals surface area (Å²) < 4.78 is 6.05. The molecule has 2 rings (SSSR count). The van der Waals surface area contributed by atoms with Crippen LogP contribution in [0.4, 0.5) is 11.4 Å². The first kappa shape index (κ1) is 16.2. The fourth-order valence-electron chi connectivity index (χ4n) is 2.28. The third-order valence-corrected chi connectivity index (χ3v) is 3.24. The molecule has 0 amide bonds. The molecule has 0 bridgehead atoms. The van der Waals surface area contributed by atoms with Crippen LogP contribution in [0, 0.1) is 0 Å². The van der Waals surface area contributed by atoms with Gasteiger partial charge in [0.05, 0.1) is 11.4 Å². The molecule has 0 heterocycles. The van der Waals surface area contributed by atoms with Crippen molar-refractivity contribution in [1.82, 2.24) is 0 Å². The highest BCUT2D eigenvalue weighted by Gasteiger charge is 2.14. The molecular weight excluding hydrogens is 272 g/mol. The first-order valence-corrected chi connectivity index (χ1v) is 7.64. The second-order valence-corrected chi connectivity index (χ2v) is 6.59. The molecule has 118 valence electrons. The normalized spacial score (nSPS) is 11.1. The van der Waals surface area contributed by atoms with Crippen LogP contribution in [-0.4, -0.2) is 19.7 Å². The molecule has 0 atom stereocenters. The molecule has 1 N–H and O–H groups in total. The lowest BCUT2D eigenvalue weighted by Crippen LogP contribution is -2.24. The van der Waals surface area contributed by atoms with Crippen molar-refractivity contribution >= 4 is 11.4 Å². The Morgan fingerprint density at radius 3 is 2.27 bits per heavy atom. The van der Waals surface area contributed by atoms with Crippen LogP contribution in [0.25, 0.3) is 0 Å². The van der Waals surface area contributed by atoms with Gasteiger partial charge in [-0.05, 0) is 39.0 Å². The maximum atomic E-state index is 6.05. The Kier molecular flexibility index (Phi) is 4.96. The molecule has 2 aromatic carbocycles. The topological polar surface area (TPSA) is 24.5 Å². The maximum absolute atomic E-state index is 6.05. The number of ether oxygens (including phenoxy) is 1. The maximum Gasteiger partial charge on any atom is 0.125 e. The fraction of sp³-hybridized carbons (Fsp3) is 0.368. The van der Waals surface area contributed by atoms with Gasteiger partial charge in [0, 0.05) is 26.2 Å². The van der Waals surface area contributed by atoms with Crippen LogP contribution in [0.15, 0.2) is 48.5 Å². The van der Waals surface area contributed by atoms with Crippen LogP contribution in [0.2, 0.25) is 0 Å². The van der Waals surface area contributed by atoms with Gasteiger partial charge in [-0.1, -0.05) is 30.3 Å². The summed E-state index contributed by atoms with van der Waals surface area (Å²) in [5, 5.41) is 3.52. The van der Waals surface area contributed by atoms with Gasteiger partial charge in [-0.15, -0.1) is 0 Å². The van der Waals surface area contributed by atoms with E-state index in [9.17, 15) is 0 Å². The predicted octanol–water partition coefficient (Wildman–Crippen LogP) is 4.54. The molecule has 0 unspecified atom stereocenters. The van der Waals surface area contributed by atoms with Crippen LogP contribution in [0.5, 0.6) is 5.75 Å². The lowest BCUT2D eigenvalue weighted by molar-refractivity contribution is 0.129. The monoisotopic (exact) mass is 298 g/mol. The van der Waals surface area contributed by atoms with Crippen molar-refractivity contribution in [2.75, 3.05) is 24.3 Å². The quantitative estimate of drug-likeness (QED) is 0.877. The standard InChI is InChI=1S/C19H26N2O/c1-19(2,3)22-18-13-9-6-10-15(18)14-20-16-11-7-8-12-17(16)21(4)5/h6-13,20H,14H2,1-5H3. The van der Waals surface area contributed by atoms with E-state index in [4.69, 9.17) is 4.74 Å². The average molecular weight is 298 g/mol. The number of rotatable bonds is 5. The van der Waals surface area contributed by atoms with E-state index in [2.05, 4.69) is 69.3 Å². The Bertz CT molecular complexity index is 615. The molecule has 22 heavy (non-hydrogen) atoms. The van der Waals surface area contributed by atoms with Crippen LogP contribution in [0.3, 0.4) is 0 Å². The van der Waals surface area contributed by atoms with E-state index in [-0.39, 0.29) is 5.60 Å². The van der Waals surface area contributed by atoms with E-state index in [0.717, 1.165) is 23.5 Å². The molecule has 0 fully saturated rings. The van der Waals surface area contributed by atoms with Gasteiger partial charge in [-0.2, -0.15) is 0 Å². The number of benzene rings is 2. The zero-order chi connectivity index (χ0) is 16.2. The fourth-order valence-corrected chi connectivity index (χ4v) is 2.28. The summed E-state index contributed by atoms with van der Waals surface area (Å²) in [6.07, 6.45) is 0. The zero-order valence-corrected chi connectivity index (χ0v) is 14.2. The summed E-state index contributed by atoms with van der Waals surface area (Å²) in [5.41, 5.74) is 3.26. The second-order valence-electron chi connectivity index (χ2n) is 6.59. The number of para-hydroxylation sites is 3. The van der Waals surface area contributed by atoms with Crippen molar-refractivity contribution in [3.63, 3.8) is 0 Å². The predicted molar refractivity (Wildman–Crippen MR) is 94.9 cm³/mol. The third-order valence-electron chi connectivity index (χ3n) is 3.24. The highest BCUT2D eigenvalue weighted by molar-refractivity contribution is 5.69. The Morgan fingerprint density at radius 1 is 0.955 bits per heavy atom. The van der Waals surface area contributed by atoms with Gasteiger partial charge in [0.1, 0.15) is 11.4 Å². The Labute approximate surface area is 133 Å². The summed E-state index contributed by atoms with van der Waals surface area (Å²) in [5.74, 6) is 0.935. The molecule has 0 radical (unpaired) electrons. The first-order valence-electron chi connectivity index (χ1n) is 7.64. The van der Waals surface area contributed by atoms with Gasteiger partial charge in [0.15, 0.2) is 0 Å². The van der Waals surface area contributed by atoms with E-state index in [0.29, 0.717) is 0 Å². The van der Waals surface area contributed by atoms with Crippen molar-refractivity contribution in [3.8, 4) is 5.75 Å². The van der Waals surface area contributed by atoms with E-state index in [1.807, 2.05) is 24.3 Å². The molecular formula is C19H26N2O. The molecule has 0 aliphatic heterocycles. The van der Waals surface area contributed by atoms with Crippen molar-refractivity contribution in [2.45, 2.75) is 32.9 Å². The van der Waals surface area contributed by atoms with Crippen molar-refractivity contribution in [1.29, 1.82) is 0 Å². The van der Waals surface area contributed by atoms with Crippen LogP contribution in [0.1, 0.15) is 26.3 Å². The van der Waals surface area contributed by atoms with Gasteiger partial charge in [-0.25, -0.2) is 0 Å². The lowest BCUT2D eigenvalue weighted by Gasteiger charge is -2.24. The molecule has 0 aliphatic rings. The number of nitrogens with zero attached hydrogens (tertiary/aromatic N) is 1. The molecule has 3 heteroatoms. The molecule has 0 aliphatic carbocycles. The Hall–Kier alpha value is -2.16. The Balaban J connectivity index is 2.16. The molecule has 0 spiro atoms. The van der Waals surface area contributed by atoms with Crippen molar-refractivity contribution in [3.05, 3.63) is 54.1 Å².